The fraction of sp³-hybridized carbons (Fsp3) is 0.0417. The lowest BCUT2D eigenvalue weighted by molar-refractivity contribution is -0.122. The first-order chi connectivity index (χ1) is 16.2. The van der Waals surface area contributed by atoms with Gasteiger partial charge in [0.1, 0.15) is 23.7 Å². The summed E-state index contributed by atoms with van der Waals surface area (Å²) >= 11 is 8.81. The Balaban J connectivity index is 1.61. The molecule has 1 heterocycles. The van der Waals surface area contributed by atoms with Crippen molar-refractivity contribution < 1.29 is 23.5 Å². The first kappa shape index (κ1) is 24.6. The van der Waals surface area contributed by atoms with Crippen molar-refractivity contribution in [2.24, 2.45) is 0 Å². The Kier molecular flexibility index (Phi) is 7.48. The third-order valence-electron chi connectivity index (χ3n) is 4.85. The molecule has 34 heavy (non-hydrogen) atoms. The highest BCUT2D eigenvalue weighted by Crippen LogP contribution is 2.34. The van der Waals surface area contributed by atoms with Crippen LogP contribution in [-0.2, 0) is 16.2 Å². The van der Waals surface area contributed by atoms with Gasteiger partial charge in [0.25, 0.3) is 11.8 Å². The van der Waals surface area contributed by atoms with Gasteiger partial charge in [-0.2, -0.15) is 0 Å². The number of halogens is 4. The summed E-state index contributed by atoms with van der Waals surface area (Å²) in [7, 11) is 0. The lowest BCUT2D eigenvalue weighted by Gasteiger charge is -2.26. The Morgan fingerprint density at radius 2 is 1.74 bits per heavy atom. The molecule has 1 aliphatic rings. The molecule has 1 aliphatic heterocycles. The Bertz CT molecular complexity index is 1320. The summed E-state index contributed by atoms with van der Waals surface area (Å²) in [6.07, 6.45) is 1.41. The molecule has 0 saturated carbocycles. The second kappa shape index (κ2) is 10.4. The fourth-order valence-corrected chi connectivity index (χ4v) is 5.25. The van der Waals surface area contributed by atoms with E-state index in [0.717, 1.165) is 9.37 Å². The van der Waals surface area contributed by atoms with E-state index in [2.05, 4.69) is 59.8 Å². The van der Waals surface area contributed by atoms with Gasteiger partial charge in [-0.25, -0.2) is 14.1 Å². The van der Waals surface area contributed by atoms with Crippen LogP contribution in [0.1, 0.15) is 11.1 Å². The number of carbonyl (C=O) groups excluding carboxylic acids is 3. The van der Waals surface area contributed by atoms with Crippen LogP contribution in [0.3, 0.4) is 0 Å². The molecule has 1 fully saturated rings. The van der Waals surface area contributed by atoms with Crippen molar-refractivity contribution in [2.45, 2.75) is 6.61 Å². The fourth-order valence-electron chi connectivity index (χ4n) is 3.21. The van der Waals surface area contributed by atoms with Crippen molar-refractivity contribution in [3.8, 4) is 5.75 Å². The molecule has 3 aromatic carbocycles. The number of hydrogen-bond donors (Lipinski definition) is 1. The normalized spacial score (nSPS) is 15.0. The second-order valence-corrected chi connectivity index (χ2v) is 10.1. The van der Waals surface area contributed by atoms with Crippen molar-refractivity contribution in [2.75, 3.05) is 4.90 Å². The molecule has 0 aliphatic carbocycles. The lowest BCUT2D eigenvalue weighted by atomic mass is 10.1. The first-order valence-electron chi connectivity index (χ1n) is 9.77. The summed E-state index contributed by atoms with van der Waals surface area (Å²) in [4.78, 5) is 38.8. The highest BCUT2D eigenvalue weighted by atomic mass is 127. The Morgan fingerprint density at radius 3 is 2.41 bits per heavy atom. The van der Waals surface area contributed by atoms with Gasteiger partial charge >= 0.3 is 6.03 Å². The molecule has 4 rings (SSSR count). The maximum atomic E-state index is 13.9. The lowest BCUT2D eigenvalue weighted by Crippen LogP contribution is -2.54. The van der Waals surface area contributed by atoms with E-state index in [1.165, 1.54) is 12.1 Å². The van der Waals surface area contributed by atoms with Crippen LogP contribution in [0.15, 0.2) is 75.2 Å². The molecule has 6 nitrogen and oxygen atoms in total. The standard InChI is InChI=1S/C24H14Br2FIN2O4/c25-15-5-7-16(8-6-15)30-23(32)17(22(31)29-24(30)33)9-13-10-18(26)21(20(28)11-13)34-12-14-3-1-2-4-19(14)27/h1-11H,12H2,(H,29,31,33)/b17-9+. The topological polar surface area (TPSA) is 75.7 Å². The minimum absolute atomic E-state index is 0.0346. The zero-order chi connectivity index (χ0) is 24.4. The van der Waals surface area contributed by atoms with Gasteiger partial charge in [0, 0.05) is 10.0 Å². The summed E-state index contributed by atoms with van der Waals surface area (Å²) in [5, 5.41) is 2.20. The summed E-state index contributed by atoms with van der Waals surface area (Å²) in [5.41, 5.74) is 1.10. The number of anilines is 1. The first-order valence-corrected chi connectivity index (χ1v) is 12.4. The monoisotopic (exact) mass is 698 g/mol. The van der Waals surface area contributed by atoms with Gasteiger partial charge in [0.15, 0.2) is 0 Å². The van der Waals surface area contributed by atoms with Gasteiger partial charge in [0.05, 0.1) is 13.7 Å². The Morgan fingerprint density at radius 1 is 1.03 bits per heavy atom. The Hall–Kier alpha value is -2.57. The minimum atomic E-state index is -0.817. The van der Waals surface area contributed by atoms with Crippen LogP contribution in [-0.4, -0.2) is 17.8 Å². The summed E-state index contributed by atoms with van der Waals surface area (Å²) < 4.78 is 21.7. The molecule has 0 atom stereocenters. The minimum Gasteiger partial charge on any atom is -0.486 e. The second-order valence-electron chi connectivity index (χ2n) is 7.13. The van der Waals surface area contributed by atoms with Crippen LogP contribution in [0, 0.1) is 9.39 Å². The average molecular weight is 700 g/mol. The molecule has 4 amide bonds. The molecule has 3 aromatic rings. The zero-order valence-corrected chi connectivity index (χ0v) is 22.5. The van der Waals surface area contributed by atoms with Crippen LogP contribution in [0.2, 0.25) is 0 Å². The number of hydrogen-bond acceptors (Lipinski definition) is 4. The van der Waals surface area contributed by atoms with Crippen LogP contribution < -0.4 is 15.0 Å². The third kappa shape index (κ3) is 5.23. The molecule has 1 N–H and O–H groups in total. The summed E-state index contributed by atoms with van der Waals surface area (Å²) in [6, 6.07) is 15.5. The van der Waals surface area contributed by atoms with Crippen molar-refractivity contribution in [3.63, 3.8) is 0 Å². The molecule has 10 heteroatoms. The predicted molar refractivity (Wildman–Crippen MR) is 141 cm³/mol. The quantitative estimate of drug-likeness (QED) is 0.196. The van der Waals surface area contributed by atoms with Gasteiger partial charge in [-0.05, 0) is 92.6 Å². The van der Waals surface area contributed by atoms with Crippen LogP contribution >= 0.6 is 54.5 Å². The number of ether oxygens (including phenoxy) is 1. The van der Waals surface area contributed by atoms with Gasteiger partial charge in [-0.3, -0.25) is 14.9 Å². The van der Waals surface area contributed by atoms with Crippen molar-refractivity contribution in [1.29, 1.82) is 0 Å². The number of barbiturate groups is 1. The van der Waals surface area contributed by atoms with E-state index in [1.807, 2.05) is 0 Å². The van der Waals surface area contributed by atoms with E-state index < -0.39 is 17.8 Å². The highest BCUT2D eigenvalue weighted by Gasteiger charge is 2.36. The predicted octanol–water partition coefficient (Wildman–Crippen LogP) is 6.20. The van der Waals surface area contributed by atoms with Gasteiger partial charge in [-0.15, -0.1) is 0 Å². The number of urea groups is 1. The summed E-state index contributed by atoms with van der Waals surface area (Å²) in [5.74, 6) is -1.38. The smallest absolute Gasteiger partial charge is 0.335 e. The molecule has 0 spiro atoms. The van der Waals surface area contributed by atoms with E-state index >= 15 is 0 Å². The van der Waals surface area contributed by atoms with E-state index in [-0.39, 0.29) is 18.0 Å². The molecular formula is C24H14Br2FIN2O4. The van der Waals surface area contributed by atoms with Crippen LogP contribution in [0.5, 0.6) is 5.75 Å². The molecule has 172 valence electrons. The number of amides is 4. The molecule has 0 aromatic heterocycles. The van der Waals surface area contributed by atoms with E-state index in [9.17, 15) is 18.8 Å². The van der Waals surface area contributed by atoms with Crippen molar-refractivity contribution in [1.82, 2.24) is 5.32 Å². The maximum Gasteiger partial charge on any atom is 0.335 e. The number of nitrogens with zero attached hydrogens (tertiary/aromatic N) is 1. The van der Waals surface area contributed by atoms with Crippen LogP contribution in [0.4, 0.5) is 14.9 Å². The molecule has 1 saturated heterocycles. The van der Waals surface area contributed by atoms with E-state index in [4.69, 9.17) is 4.74 Å². The number of benzene rings is 3. The maximum absolute atomic E-state index is 13.9. The third-order valence-corrected chi connectivity index (χ3v) is 6.77. The summed E-state index contributed by atoms with van der Waals surface area (Å²) in [6.45, 7) is 0.0346. The van der Waals surface area contributed by atoms with Gasteiger partial charge < -0.3 is 4.74 Å². The number of imide groups is 2. The van der Waals surface area contributed by atoms with Crippen molar-refractivity contribution in [3.05, 3.63) is 95.7 Å². The largest absolute Gasteiger partial charge is 0.486 e. The molecule has 0 bridgehead atoms. The van der Waals surface area contributed by atoms with Gasteiger partial charge in [-0.1, -0.05) is 34.1 Å². The number of rotatable bonds is 5. The highest BCUT2D eigenvalue weighted by molar-refractivity contribution is 14.1. The Labute approximate surface area is 224 Å². The van der Waals surface area contributed by atoms with E-state index in [0.29, 0.717) is 30.6 Å². The molecular weight excluding hydrogens is 686 g/mol. The SMILES string of the molecule is O=C1NC(=O)N(c2ccc(Br)cc2)C(=O)/C1=C/c1cc(Br)c(OCc2ccccc2F)c(I)c1. The van der Waals surface area contributed by atoms with Crippen molar-refractivity contribution >= 4 is 84.1 Å². The van der Waals surface area contributed by atoms with Crippen LogP contribution in [0.25, 0.3) is 6.08 Å². The van der Waals surface area contributed by atoms with Gasteiger partial charge in [0.2, 0.25) is 0 Å². The molecule has 0 radical (unpaired) electrons. The zero-order valence-electron chi connectivity index (χ0n) is 17.2. The number of carbonyl (C=O) groups is 3. The molecule has 0 unspecified atom stereocenters. The number of nitrogens with one attached hydrogen (secondary N) is 1. The average Bonchev–Trinajstić information content (AvgIpc) is 2.78. The van der Waals surface area contributed by atoms with E-state index in [1.54, 1.807) is 54.6 Å².